The van der Waals surface area contributed by atoms with Crippen molar-refractivity contribution in [1.29, 1.82) is 0 Å². The summed E-state index contributed by atoms with van der Waals surface area (Å²) in [5.41, 5.74) is 9.78. The van der Waals surface area contributed by atoms with E-state index in [0.717, 1.165) is 64.4 Å². The van der Waals surface area contributed by atoms with Crippen LogP contribution in [0, 0.1) is 20.8 Å². The number of anilines is 2. The van der Waals surface area contributed by atoms with E-state index in [9.17, 15) is 4.79 Å². The molecular formula is C24H25N3O2. The minimum absolute atomic E-state index is 0.225. The molecule has 0 aliphatic heterocycles. The minimum Gasteiger partial charge on any atom is -0.455 e. The van der Waals surface area contributed by atoms with Crippen molar-refractivity contribution in [3.63, 3.8) is 0 Å². The lowest BCUT2D eigenvalue weighted by atomic mass is 9.93. The molecule has 2 aromatic carbocycles. The molecule has 0 atom stereocenters. The molecule has 1 aromatic heterocycles. The summed E-state index contributed by atoms with van der Waals surface area (Å²) in [6, 6.07) is 15.8. The summed E-state index contributed by atoms with van der Waals surface area (Å²) in [5, 5.41) is 7.58. The number of carbonyl (C=O) groups is 1. The molecule has 0 radical (unpaired) electrons. The number of hydrogen-bond acceptors (Lipinski definition) is 4. The number of nitrogens with zero attached hydrogens (tertiary/aromatic N) is 1. The van der Waals surface area contributed by atoms with Crippen molar-refractivity contribution in [3.8, 4) is 0 Å². The van der Waals surface area contributed by atoms with Gasteiger partial charge in [-0.25, -0.2) is 0 Å². The standard InChI is InChI=1S/C24H25N3O2/c1-15-12-16(2)14-19(13-15)25-24(28)23-17(3)22-20(10-7-11-21(22)29-23)27-26-18-8-5-4-6-9-18/h4-6,8-9,12-14,26H,7,10-11H2,1-3H3,(H,25,28)/b27-20+. The van der Waals surface area contributed by atoms with Crippen molar-refractivity contribution in [3.05, 3.63) is 82.3 Å². The Morgan fingerprint density at radius 3 is 2.41 bits per heavy atom. The molecule has 5 heteroatoms. The third-order valence-electron chi connectivity index (χ3n) is 5.11. The van der Waals surface area contributed by atoms with Gasteiger partial charge in [-0.15, -0.1) is 0 Å². The Morgan fingerprint density at radius 1 is 0.966 bits per heavy atom. The molecule has 2 N–H and O–H groups in total. The number of fused-ring (bicyclic) bond motifs is 1. The van der Waals surface area contributed by atoms with Gasteiger partial charge in [-0.1, -0.05) is 24.3 Å². The van der Waals surface area contributed by atoms with Crippen LogP contribution in [0.5, 0.6) is 0 Å². The van der Waals surface area contributed by atoms with Gasteiger partial charge in [-0.3, -0.25) is 10.2 Å². The molecule has 3 aromatic rings. The van der Waals surface area contributed by atoms with Crippen LogP contribution < -0.4 is 10.7 Å². The molecule has 5 nitrogen and oxygen atoms in total. The largest absolute Gasteiger partial charge is 0.455 e. The van der Waals surface area contributed by atoms with Gasteiger partial charge in [0, 0.05) is 23.2 Å². The van der Waals surface area contributed by atoms with Gasteiger partial charge in [0.1, 0.15) is 5.76 Å². The number of carbonyl (C=O) groups excluding carboxylic acids is 1. The van der Waals surface area contributed by atoms with Crippen LogP contribution in [0.2, 0.25) is 0 Å². The second-order valence-electron chi connectivity index (χ2n) is 7.57. The molecule has 4 rings (SSSR count). The van der Waals surface area contributed by atoms with Gasteiger partial charge in [-0.2, -0.15) is 5.10 Å². The summed E-state index contributed by atoms with van der Waals surface area (Å²) >= 11 is 0. The van der Waals surface area contributed by atoms with Gasteiger partial charge in [-0.05, 0) is 69.0 Å². The molecule has 0 spiro atoms. The van der Waals surface area contributed by atoms with E-state index in [4.69, 9.17) is 4.42 Å². The highest BCUT2D eigenvalue weighted by atomic mass is 16.4. The zero-order chi connectivity index (χ0) is 20.4. The zero-order valence-corrected chi connectivity index (χ0v) is 17.0. The van der Waals surface area contributed by atoms with Gasteiger partial charge in [0.25, 0.3) is 5.91 Å². The number of nitrogens with one attached hydrogen (secondary N) is 2. The van der Waals surface area contributed by atoms with Gasteiger partial charge in [0.05, 0.1) is 11.4 Å². The normalized spacial score (nSPS) is 14.5. The third-order valence-corrected chi connectivity index (χ3v) is 5.11. The molecule has 1 aliphatic rings. The zero-order valence-electron chi connectivity index (χ0n) is 17.0. The summed E-state index contributed by atoms with van der Waals surface area (Å²) in [6.07, 6.45) is 2.62. The molecule has 1 heterocycles. The molecular weight excluding hydrogens is 362 g/mol. The van der Waals surface area contributed by atoms with E-state index < -0.39 is 0 Å². The molecule has 148 valence electrons. The van der Waals surface area contributed by atoms with Crippen molar-refractivity contribution in [2.24, 2.45) is 5.10 Å². The second kappa shape index (κ2) is 7.95. The first kappa shape index (κ1) is 19.0. The molecule has 29 heavy (non-hydrogen) atoms. The Hall–Kier alpha value is -3.34. The number of rotatable bonds is 4. The van der Waals surface area contributed by atoms with E-state index >= 15 is 0 Å². The van der Waals surface area contributed by atoms with Crippen LogP contribution in [0.15, 0.2) is 58.0 Å². The first-order valence-corrected chi connectivity index (χ1v) is 9.91. The van der Waals surface area contributed by atoms with Crippen LogP contribution in [-0.2, 0) is 6.42 Å². The number of amides is 1. The summed E-state index contributed by atoms with van der Waals surface area (Å²) in [7, 11) is 0. The Labute approximate surface area is 170 Å². The van der Waals surface area contributed by atoms with Gasteiger partial charge >= 0.3 is 0 Å². The lowest BCUT2D eigenvalue weighted by molar-refractivity contribution is 0.0994. The average molecular weight is 387 g/mol. The summed E-state index contributed by atoms with van der Waals surface area (Å²) in [6.45, 7) is 5.96. The van der Waals surface area contributed by atoms with E-state index in [-0.39, 0.29) is 5.91 Å². The van der Waals surface area contributed by atoms with E-state index in [2.05, 4.69) is 21.9 Å². The molecule has 0 unspecified atom stereocenters. The molecule has 0 saturated heterocycles. The van der Waals surface area contributed by atoms with Gasteiger partial charge in [0.15, 0.2) is 5.76 Å². The minimum atomic E-state index is -0.225. The molecule has 0 saturated carbocycles. The SMILES string of the molecule is Cc1cc(C)cc(NC(=O)c2oc3c(c2C)/C(=N/Nc2ccccc2)CCC3)c1. The van der Waals surface area contributed by atoms with Crippen LogP contribution in [0.1, 0.15) is 51.4 Å². The van der Waals surface area contributed by atoms with Crippen LogP contribution in [0.4, 0.5) is 11.4 Å². The predicted octanol–water partition coefficient (Wildman–Crippen LogP) is 5.61. The van der Waals surface area contributed by atoms with Gasteiger partial charge < -0.3 is 9.73 Å². The number of para-hydroxylation sites is 1. The number of hydrogen-bond donors (Lipinski definition) is 2. The molecule has 0 bridgehead atoms. The lowest BCUT2D eigenvalue weighted by Gasteiger charge is -2.13. The van der Waals surface area contributed by atoms with Crippen molar-refractivity contribution in [1.82, 2.24) is 0 Å². The fourth-order valence-corrected chi connectivity index (χ4v) is 3.88. The fraction of sp³-hybridized carbons (Fsp3) is 0.250. The number of hydrazone groups is 1. The van der Waals surface area contributed by atoms with E-state index in [0.29, 0.717) is 5.76 Å². The van der Waals surface area contributed by atoms with Crippen LogP contribution in [-0.4, -0.2) is 11.6 Å². The first-order chi connectivity index (χ1) is 14.0. The maximum Gasteiger partial charge on any atom is 0.291 e. The van der Waals surface area contributed by atoms with Crippen LogP contribution >= 0.6 is 0 Å². The Bertz CT molecular complexity index is 1060. The average Bonchev–Trinajstić information content (AvgIpc) is 3.04. The Balaban J connectivity index is 1.61. The number of furan rings is 1. The van der Waals surface area contributed by atoms with Crippen molar-refractivity contribution in [2.45, 2.75) is 40.0 Å². The monoisotopic (exact) mass is 387 g/mol. The predicted molar refractivity (Wildman–Crippen MR) is 117 cm³/mol. The molecule has 0 fully saturated rings. The van der Waals surface area contributed by atoms with Crippen molar-refractivity contribution in [2.75, 3.05) is 10.7 Å². The highest BCUT2D eigenvalue weighted by molar-refractivity contribution is 6.09. The third kappa shape index (κ3) is 4.09. The summed E-state index contributed by atoms with van der Waals surface area (Å²) < 4.78 is 5.99. The highest BCUT2D eigenvalue weighted by Gasteiger charge is 2.28. The lowest BCUT2D eigenvalue weighted by Crippen LogP contribution is -2.14. The highest BCUT2D eigenvalue weighted by Crippen LogP contribution is 2.30. The fourth-order valence-electron chi connectivity index (χ4n) is 3.88. The maximum absolute atomic E-state index is 12.9. The van der Waals surface area contributed by atoms with E-state index in [1.165, 1.54) is 0 Å². The second-order valence-corrected chi connectivity index (χ2v) is 7.57. The molecule has 1 amide bonds. The van der Waals surface area contributed by atoms with E-state index in [1.807, 2.05) is 63.2 Å². The Morgan fingerprint density at radius 2 is 1.69 bits per heavy atom. The Kier molecular flexibility index (Phi) is 5.21. The summed E-state index contributed by atoms with van der Waals surface area (Å²) in [4.78, 5) is 12.9. The van der Waals surface area contributed by atoms with Crippen molar-refractivity contribution >= 4 is 23.0 Å². The number of benzene rings is 2. The smallest absolute Gasteiger partial charge is 0.291 e. The molecule has 1 aliphatic carbocycles. The quantitative estimate of drug-likeness (QED) is 0.572. The van der Waals surface area contributed by atoms with Crippen LogP contribution in [0.25, 0.3) is 0 Å². The van der Waals surface area contributed by atoms with E-state index in [1.54, 1.807) is 0 Å². The topological polar surface area (TPSA) is 66.6 Å². The summed E-state index contributed by atoms with van der Waals surface area (Å²) in [5.74, 6) is 0.980. The number of aryl methyl sites for hydroxylation is 3. The van der Waals surface area contributed by atoms with Crippen molar-refractivity contribution < 1.29 is 9.21 Å². The van der Waals surface area contributed by atoms with Gasteiger partial charge in [0.2, 0.25) is 0 Å². The maximum atomic E-state index is 12.9. The first-order valence-electron chi connectivity index (χ1n) is 9.91. The van der Waals surface area contributed by atoms with Crippen LogP contribution in [0.3, 0.4) is 0 Å².